The van der Waals surface area contributed by atoms with Gasteiger partial charge in [-0.15, -0.1) is 0 Å². The summed E-state index contributed by atoms with van der Waals surface area (Å²) in [5, 5.41) is 9.27. The molecule has 0 unspecified atom stereocenters. The number of hydrogen-bond acceptors (Lipinski definition) is 6. The molecule has 8 heteroatoms. The van der Waals surface area contributed by atoms with E-state index in [2.05, 4.69) is 10.2 Å². The van der Waals surface area contributed by atoms with Crippen LogP contribution in [0.4, 0.5) is 5.69 Å². The van der Waals surface area contributed by atoms with Crippen molar-refractivity contribution >= 4 is 23.2 Å². The number of carbonyl (C=O) groups is 2. The third-order valence-corrected chi connectivity index (χ3v) is 6.82. The Kier molecular flexibility index (Phi) is 7.13. The van der Waals surface area contributed by atoms with Gasteiger partial charge in [0.1, 0.15) is 17.6 Å². The quantitative estimate of drug-likeness (QED) is 0.538. The number of piperidine rings is 1. The van der Waals surface area contributed by atoms with Gasteiger partial charge in [0.15, 0.2) is 0 Å². The lowest BCUT2D eigenvalue weighted by Crippen LogP contribution is -2.43. The summed E-state index contributed by atoms with van der Waals surface area (Å²) in [6.07, 6.45) is 3.63. The van der Waals surface area contributed by atoms with E-state index in [1.807, 2.05) is 66.7 Å². The fourth-order valence-electron chi connectivity index (χ4n) is 4.78. The molecule has 5 rings (SSSR count). The summed E-state index contributed by atoms with van der Waals surface area (Å²) in [7, 11) is 1.63. The van der Waals surface area contributed by atoms with Gasteiger partial charge in [-0.3, -0.25) is 14.5 Å². The Morgan fingerprint density at radius 3 is 2.44 bits per heavy atom. The van der Waals surface area contributed by atoms with Gasteiger partial charge in [-0.25, -0.2) is 5.01 Å². The Balaban J connectivity index is 1.22. The molecule has 8 nitrogen and oxygen atoms in total. The summed E-state index contributed by atoms with van der Waals surface area (Å²) in [6, 6.07) is 20.6. The number of para-hydroxylation sites is 1. The number of amides is 2. The van der Waals surface area contributed by atoms with Crippen molar-refractivity contribution < 1.29 is 18.7 Å². The average molecular weight is 487 g/mol. The normalized spacial score (nSPS) is 18.6. The van der Waals surface area contributed by atoms with Crippen LogP contribution in [0, 0.1) is 5.92 Å². The third-order valence-electron chi connectivity index (χ3n) is 6.82. The maximum Gasteiger partial charge on any atom is 0.257 e. The number of nitrogens with one attached hydrogen (secondary N) is 1. The van der Waals surface area contributed by atoms with Crippen molar-refractivity contribution in [2.24, 2.45) is 11.0 Å². The zero-order valence-corrected chi connectivity index (χ0v) is 20.3. The van der Waals surface area contributed by atoms with Crippen LogP contribution in [-0.4, -0.2) is 54.2 Å². The molecule has 1 aromatic heterocycles. The van der Waals surface area contributed by atoms with Crippen LogP contribution < -0.4 is 10.1 Å². The Morgan fingerprint density at radius 2 is 1.78 bits per heavy atom. The molecule has 1 saturated heterocycles. The maximum atomic E-state index is 13.4. The zero-order valence-electron chi connectivity index (χ0n) is 20.3. The molecular weight excluding hydrogens is 456 g/mol. The van der Waals surface area contributed by atoms with Crippen molar-refractivity contribution in [3.8, 4) is 5.75 Å². The fourth-order valence-corrected chi connectivity index (χ4v) is 4.78. The largest absolute Gasteiger partial charge is 0.497 e. The molecule has 1 atom stereocenters. The first kappa shape index (κ1) is 23.8. The van der Waals surface area contributed by atoms with E-state index in [-0.39, 0.29) is 30.3 Å². The minimum atomic E-state index is -0.279. The summed E-state index contributed by atoms with van der Waals surface area (Å²) >= 11 is 0. The van der Waals surface area contributed by atoms with E-state index in [1.54, 1.807) is 18.4 Å². The summed E-state index contributed by atoms with van der Waals surface area (Å²) in [5.74, 6) is 1.39. The van der Waals surface area contributed by atoms with E-state index in [0.717, 1.165) is 22.7 Å². The smallest absolute Gasteiger partial charge is 0.257 e. The Hall–Kier alpha value is -3.91. The second-order valence-electron chi connectivity index (χ2n) is 9.15. The molecule has 0 bridgehead atoms. The minimum absolute atomic E-state index is 0.0401. The second-order valence-corrected chi connectivity index (χ2v) is 9.15. The topological polar surface area (TPSA) is 87.4 Å². The molecule has 3 heterocycles. The van der Waals surface area contributed by atoms with Crippen molar-refractivity contribution in [1.29, 1.82) is 0 Å². The van der Waals surface area contributed by atoms with Gasteiger partial charge < -0.3 is 14.5 Å². The Labute approximate surface area is 210 Å². The van der Waals surface area contributed by atoms with Gasteiger partial charge in [0.05, 0.1) is 25.6 Å². The lowest BCUT2D eigenvalue weighted by molar-refractivity contribution is -0.135. The van der Waals surface area contributed by atoms with Crippen molar-refractivity contribution in [2.75, 3.05) is 32.1 Å². The molecule has 0 aliphatic carbocycles. The van der Waals surface area contributed by atoms with E-state index >= 15 is 0 Å². The highest BCUT2D eigenvalue weighted by Crippen LogP contribution is 2.33. The fraction of sp³-hybridized carbons (Fsp3) is 0.321. The van der Waals surface area contributed by atoms with E-state index in [9.17, 15) is 9.59 Å². The van der Waals surface area contributed by atoms with Crippen LogP contribution in [0.1, 0.15) is 36.6 Å². The summed E-state index contributed by atoms with van der Waals surface area (Å²) in [6.45, 7) is 1.63. The molecule has 1 N–H and O–H groups in total. The Bertz CT molecular complexity index is 1200. The standard InChI is InChI=1S/C28H30N4O4/c1-35-23-11-9-20(10-12-23)24-18-25(26-8-5-17-36-26)32(30-24)27(33)19-31-15-13-21(14-16-31)28(34)29-22-6-3-2-4-7-22/h2-12,17,21,25H,13-16,18-19H2,1H3,(H,29,34)/t25-/m1/s1. The molecule has 2 aliphatic rings. The van der Waals surface area contributed by atoms with Gasteiger partial charge in [0.25, 0.3) is 5.91 Å². The van der Waals surface area contributed by atoms with Crippen LogP contribution in [0.15, 0.2) is 82.5 Å². The number of furan rings is 1. The van der Waals surface area contributed by atoms with Gasteiger partial charge >= 0.3 is 0 Å². The van der Waals surface area contributed by atoms with Crippen molar-refractivity contribution in [1.82, 2.24) is 9.91 Å². The predicted molar refractivity (Wildman–Crippen MR) is 137 cm³/mol. The number of carbonyl (C=O) groups excluding carboxylic acids is 2. The van der Waals surface area contributed by atoms with Crippen molar-refractivity contribution in [3.63, 3.8) is 0 Å². The molecule has 36 heavy (non-hydrogen) atoms. The van der Waals surface area contributed by atoms with Crippen molar-refractivity contribution in [2.45, 2.75) is 25.3 Å². The third kappa shape index (κ3) is 5.33. The molecule has 1 fully saturated rings. The molecule has 3 aromatic rings. The number of anilines is 1. The summed E-state index contributed by atoms with van der Waals surface area (Å²) in [5.41, 5.74) is 2.60. The van der Waals surface area contributed by atoms with E-state index in [1.165, 1.54) is 0 Å². The number of rotatable bonds is 7. The van der Waals surface area contributed by atoms with Crippen LogP contribution in [0.5, 0.6) is 5.75 Å². The summed E-state index contributed by atoms with van der Waals surface area (Å²) in [4.78, 5) is 28.1. The number of hydrogen-bond donors (Lipinski definition) is 1. The van der Waals surface area contributed by atoms with Gasteiger partial charge in [0, 0.05) is 18.0 Å². The maximum absolute atomic E-state index is 13.4. The average Bonchev–Trinajstić information content (AvgIpc) is 3.60. The van der Waals surface area contributed by atoms with Crippen LogP contribution in [0.2, 0.25) is 0 Å². The molecule has 186 valence electrons. The monoisotopic (exact) mass is 486 g/mol. The van der Waals surface area contributed by atoms with Gasteiger partial charge in [-0.2, -0.15) is 5.10 Å². The molecule has 0 spiro atoms. The lowest BCUT2D eigenvalue weighted by Gasteiger charge is -2.32. The molecule has 0 radical (unpaired) electrons. The number of nitrogens with zero attached hydrogens (tertiary/aromatic N) is 3. The molecule has 0 saturated carbocycles. The molecule has 2 amide bonds. The first-order chi connectivity index (χ1) is 17.6. The van der Waals surface area contributed by atoms with Crippen LogP contribution in [-0.2, 0) is 9.59 Å². The first-order valence-corrected chi connectivity index (χ1v) is 12.3. The first-order valence-electron chi connectivity index (χ1n) is 12.3. The van der Waals surface area contributed by atoms with Gasteiger partial charge in [0.2, 0.25) is 5.91 Å². The molecule has 2 aromatic carbocycles. The highest BCUT2D eigenvalue weighted by atomic mass is 16.5. The highest BCUT2D eigenvalue weighted by molar-refractivity contribution is 6.03. The van der Waals surface area contributed by atoms with Crippen molar-refractivity contribution in [3.05, 3.63) is 84.3 Å². The van der Waals surface area contributed by atoms with Crippen LogP contribution >= 0.6 is 0 Å². The van der Waals surface area contributed by atoms with Crippen LogP contribution in [0.3, 0.4) is 0 Å². The number of hydrazone groups is 1. The zero-order chi connectivity index (χ0) is 24.9. The van der Waals surface area contributed by atoms with Gasteiger partial charge in [-0.05, 0) is 80.0 Å². The van der Waals surface area contributed by atoms with E-state index < -0.39 is 0 Å². The molecular formula is C28H30N4O4. The summed E-state index contributed by atoms with van der Waals surface area (Å²) < 4.78 is 10.9. The van der Waals surface area contributed by atoms with Gasteiger partial charge in [-0.1, -0.05) is 18.2 Å². The second kappa shape index (κ2) is 10.8. The Morgan fingerprint density at radius 1 is 1.03 bits per heavy atom. The number of ether oxygens (including phenoxy) is 1. The predicted octanol–water partition coefficient (Wildman–Crippen LogP) is 4.32. The lowest BCUT2D eigenvalue weighted by atomic mass is 9.95. The van der Waals surface area contributed by atoms with E-state index in [4.69, 9.17) is 14.3 Å². The number of likely N-dealkylation sites (tertiary alicyclic amines) is 1. The SMILES string of the molecule is COc1ccc(C2=NN(C(=O)CN3CCC(C(=O)Nc4ccccc4)CC3)[C@@H](c3ccco3)C2)cc1. The highest BCUT2D eigenvalue weighted by Gasteiger charge is 2.36. The number of methoxy groups -OCH3 is 1. The van der Waals surface area contributed by atoms with E-state index in [0.29, 0.717) is 38.1 Å². The minimum Gasteiger partial charge on any atom is -0.497 e. The molecule has 2 aliphatic heterocycles. The number of benzene rings is 2. The van der Waals surface area contributed by atoms with Crippen LogP contribution in [0.25, 0.3) is 0 Å².